The fourth-order valence-electron chi connectivity index (χ4n) is 3.49. The Kier molecular flexibility index (Phi) is 1.58. The van der Waals surface area contributed by atoms with Crippen LogP contribution in [0.3, 0.4) is 0 Å². The average Bonchev–Trinajstić information content (AvgIpc) is 2.72. The van der Waals surface area contributed by atoms with Gasteiger partial charge in [0.2, 0.25) is 0 Å². The van der Waals surface area contributed by atoms with Crippen molar-refractivity contribution in [1.82, 2.24) is 0 Å². The highest BCUT2D eigenvalue weighted by Crippen LogP contribution is 2.56. The van der Waals surface area contributed by atoms with E-state index in [-0.39, 0.29) is 0 Å². The molecule has 74 valence electrons. The Labute approximate surface area is 84.8 Å². The summed E-state index contributed by atoms with van der Waals surface area (Å²) in [5, 5.41) is 10.5. The quantitative estimate of drug-likeness (QED) is 0.663. The average molecular weight is 188 g/mol. The molecule has 1 N–H and O–H groups in total. The number of hydrogen-bond donors (Lipinski definition) is 1. The third kappa shape index (κ3) is 0.885. The van der Waals surface area contributed by atoms with E-state index >= 15 is 0 Å². The molecule has 0 spiro atoms. The minimum Gasteiger partial charge on any atom is -0.385 e. The molecule has 1 aromatic rings. The van der Waals surface area contributed by atoms with Gasteiger partial charge in [0.1, 0.15) is 0 Å². The van der Waals surface area contributed by atoms with Gasteiger partial charge in [-0.25, -0.2) is 0 Å². The van der Waals surface area contributed by atoms with Crippen LogP contribution in [-0.2, 0) is 5.60 Å². The zero-order chi connectivity index (χ0) is 9.76. The monoisotopic (exact) mass is 188 g/mol. The molecule has 2 aliphatic rings. The van der Waals surface area contributed by atoms with E-state index in [9.17, 15) is 5.11 Å². The van der Waals surface area contributed by atoms with Crippen LogP contribution < -0.4 is 0 Å². The van der Waals surface area contributed by atoms with Gasteiger partial charge in [0.15, 0.2) is 0 Å². The summed E-state index contributed by atoms with van der Waals surface area (Å²) in [6, 6.07) is 8.41. The maximum atomic E-state index is 10.5. The van der Waals surface area contributed by atoms with Crippen molar-refractivity contribution >= 4 is 0 Å². The van der Waals surface area contributed by atoms with Gasteiger partial charge in [-0.1, -0.05) is 30.7 Å². The molecular formula is C13H16O. The highest BCUT2D eigenvalue weighted by atomic mass is 16.3. The predicted octanol–water partition coefficient (Wildman–Crippen LogP) is 2.79. The Morgan fingerprint density at radius 2 is 2.07 bits per heavy atom. The topological polar surface area (TPSA) is 20.2 Å². The number of aliphatic hydroxyl groups is 1. The molecule has 0 heterocycles. The molecule has 0 aromatic heterocycles. The maximum absolute atomic E-state index is 10.5. The molecule has 1 nitrogen and oxygen atoms in total. The van der Waals surface area contributed by atoms with E-state index in [0.717, 1.165) is 0 Å². The van der Waals surface area contributed by atoms with Gasteiger partial charge in [-0.3, -0.25) is 0 Å². The number of rotatable bonds is 0. The highest BCUT2D eigenvalue weighted by Gasteiger charge is 2.49. The lowest BCUT2D eigenvalue weighted by atomic mass is 9.87. The van der Waals surface area contributed by atoms with E-state index < -0.39 is 5.60 Å². The molecule has 14 heavy (non-hydrogen) atoms. The Morgan fingerprint density at radius 3 is 2.93 bits per heavy atom. The molecule has 1 saturated carbocycles. The summed E-state index contributed by atoms with van der Waals surface area (Å²) in [4.78, 5) is 0. The summed E-state index contributed by atoms with van der Waals surface area (Å²) in [6.07, 6.45) is 3.73. The van der Waals surface area contributed by atoms with E-state index in [1.807, 2.05) is 13.0 Å². The summed E-state index contributed by atoms with van der Waals surface area (Å²) >= 11 is 0. The number of hydrogen-bond acceptors (Lipinski definition) is 1. The Bertz CT molecular complexity index is 367. The van der Waals surface area contributed by atoms with Gasteiger partial charge in [-0.2, -0.15) is 0 Å². The van der Waals surface area contributed by atoms with E-state index in [1.165, 1.54) is 30.4 Å². The second kappa shape index (κ2) is 2.60. The van der Waals surface area contributed by atoms with E-state index in [0.29, 0.717) is 11.8 Å². The maximum Gasteiger partial charge on any atom is 0.0905 e. The van der Waals surface area contributed by atoms with Gasteiger partial charge < -0.3 is 5.11 Å². The van der Waals surface area contributed by atoms with Crippen molar-refractivity contribution in [3.63, 3.8) is 0 Å². The van der Waals surface area contributed by atoms with E-state index in [1.54, 1.807) is 0 Å². The molecule has 0 bridgehead atoms. The number of benzene rings is 1. The van der Waals surface area contributed by atoms with Crippen LogP contribution in [0.1, 0.15) is 43.2 Å². The first-order valence-electron chi connectivity index (χ1n) is 5.53. The predicted molar refractivity (Wildman–Crippen MR) is 56.1 cm³/mol. The van der Waals surface area contributed by atoms with Crippen molar-refractivity contribution in [2.45, 2.75) is 37.7 Å². The SMILES string of the molecule is CC1(O)c2ccccc2C2CCCC21. The third-order valence-corrected chi connectivity index (χ3v) is 4.14. The second-order valence-electron chi connectivity index (χ2n) is 4.88. The Balaban J connectivity index is 2.20. The largest absolute Gasteiger partial charge is 0.385 e. The first kappa shape index (κ1) is 8.49. The fourth-order valence-corrected chi connectivity index (χ4v) is 3.49. The zero-order valence-corrected chi connectivity index (χ0v) is 8.53. The van der Waals surface area contributed by atoms with Crippen LogP contribution in [0.2, 0.25) is 0 Å². The molecule has 1 fully saturated rings. The van der Waals surface area contributed by atoms with Gasteiger partial charge in [0, 0.05) is 0 Å². The first-order chi connectivity index (χ1) is 6.71. The van der Waals surface area contributed by atoms with Crippen LogP contribution in [0.5, 0.6) is 0 Å². The molecule has 1 heteroatoms. The van der Waals surface area contributed by atoms with Gasteiger partial charge >= 0.3 is 0 Å². The van der Waals surface area contributed by atoms with Gasteiger partial charge in [0.05, 0.1) is 5.60 Å². The van der Waals surface area contributed by atoms with Crippen molar-refractivity contribution in [3.05, 3.63) is 35.4 Å². The lowest BCUT2D eigenvalue weighted by Crippen LogP contribution is -2.26. The van der Waals surface area contributed by atoms with Crippen LogP contribution in [0.25, 0.3) is 0 Å². The van der Waals surface area contributed by atoms with Crippen molar-refractivity contribution in [2.24, 2.45) is 5.92 Å². The number of fused-ring (bicyclic) bond motifs is 3. The molecule has 1 aromatic carbocycles. The molecule has 2 aliphatic carbocycles. The van der Waals surface area contributed by atoms with E-state index in [4.69, 9.17) is 0 Å². The summed E-state index contributed by atoms with van der Waals surface area (Å²) in [7, 11) is 0. The second-order valence-corrected chi connectivity index (χ2v) is 4.88. The minimum atomic E-state index is -0.572. The van der Waals surface area contributed by atoms with Crippen LogP contribution in [0.4, 0.5) is 0 Å². The molecule has 0 amide bonds. The Morgan fingerprint density at radius 1 is 1.29 bits per heavy atom. The standard InChI is InChI=1S/C13H16O/c1-13(14)11-7-3-2-5-9(11)10-6-4-8-12(10)13/h2-3,5,7,10,12,14H,4,6,8H2,1H3. The zero-order valence-electron chi connectivity index (χ0n) is 8.53. The van der Waals surface area contributed by atoms with E-state index in [2.05, 4.69) is 18.2 Å². The third-order valence-electron chi connectivity index (χ3n) is 4.14. The van der Waals surface area contributed by atoms with Crippen molar-refractivity contribution in [3.8, 4) is 0 Å². The van der Waals surface area contributed by atoms with Crippen molar-refractivity contribution in [1.29, 1.82) is 0 Å². The van der Waals surface area contributed by atoms with Crippen LogP contribution in [-0.4, -0.2) is 5.11 Å². The van der Waals surface area contributed by atoms with Crippen LogP contribution in [0, 0.1) is 5.92 Å². The molecule has 0 radical (unpaired) electrons. The molecular weight excluding hydrogens is 172 g/mol. The van der Waals surface area contributed by atoms with Crippen molar-refractivity contribution in [2.75, 3.05) is 0 Å². The molecule has 0 aliphatic heterocycles. The van der Waals surface area contributed by atoms with Gasteiger partial charge in [0.25, 0.3) is 0 Å². The van der Waals surface area contributed by atoms with Crippen LogP contribution in [0.15, 0.2) is 24.3 Å². The molecule has 3 unspecified atom stereocenters. The minimum absolute atomic E-state index is 0.472. The van der Waals surface area contributed by atoms with Crippen molar-refractivity contribution < 1.29 is 5.11 Å². The first-order valence-corrected chi connectivity index (χ1v) is 5.53. The lowest BCUT2D eigenvalue weighted by Gasteiger charge is -2.25. The summed E-state index contributed by atoms with van der Waals surface area (Å²) in [5.74, 6) is 1.10. The molecule has 3 atom stereocenters. The summed E-state index contributed by atoms with van der Waals surface area (Å²) in [5.41, 5.74) is 2.01. The van der Waals surface area contributed by atoms with Gasteiger partial charge in [-0.05, 0) is 42.7 Å². The summed E-state index contributed by atoms with van der Waals surface area (Å²) < 4.78 is 0. The van der Waals surface area contributed by atoms with Crippen LogP contribution >= 0.6 is 0 Å². The normalized spacial score (nSPS) is 39.6. The lowest BCUT2D eigenvalue weighted by molar-refractivity contribution is 0.00482. The Hall–Kier alpha value is -0.820. The smallest absolute Gasteiger partial charge is 0.0905 e. The summed E-state index contributed by atoms with van der Waals surface area (Å²) in [6.45, 7) is 1.99. The molecule has 3 rings (SSSR count). The highest BCUT2D eigenvalue weighted by molar-refractivity contribution is 5.42. The fraction of sp³-hybridized carbons (Fsp3) is 0.538. The molecule has 0 saturated heterocycles. The van der Waals surface area contributed by atoms with Gasteiger partial charge in [-0.15, -0.1) is 0 Å².